The van der Waals surface area contributed by atoms with Gasteiger partial charge in [0.1, 0.15) is 34.8 Å². The SMILES string of the molecule is O=C1NCCCCn2c(cccc2=O)-c2cccc(n2)N[C@H]2C[C@@H]1N(c1nccn3c(-c4ccc(F)cc4F)ncc13)C2. The number of hydrogen-bond donors (Lipinski definition) is 2. The summed E-state index contributed by atoms with van der Waals surface area (Å²) in [5.41, 5.74) is 2.09. The first-order valence-corrected chi connectivity index (χ1v) is 14.2. The van der Waals surface area contributed by atoms with Crippen molar-refractivity contribution >= 4 is 23.1 Å². The van der Waals surface area contributed by atoms with E-state index in [-0.39, 0.29) is 23.1 Å². The van der Waals surface area contributed by atoms with Crippen LogP contribution in [-0.4, -0.2) is 55.0 Å². The highest BCUT2D eigenvalue weighted by Gasteiger charge is 2.39. The van der Waals surface area contributed by atoms with E-state index < -0.39 is 17.7 Å². The van der Waals surface area contributed by atoms with Gasteiger partial charge in [0.2, 0.25) is 5.91 Å². The van der Waals surface area contributed by atoms with Crippen LogP contribution in [0.15, 0.2) is 78.0 Å². The van der Waals surface area contributed by atoms with E-state index in [1.54, 1.807) is 39.7 Å². The molecule has 0 spiro atoms. The van der Waals surface area contributed by atoms with Gasteiger partial charge in [0, 0.05) is 50.2 Å². The van der Waals surface area contributed by atoms with Crippen LogP contribution in [0.1, 0.15) is 19.3 Å². The maximum absolute atomic E-state index is 14.7. The summed E-state index contributed by atoms with van der Waals surface area (Å²) in [4.78, 5) is 42.1. The lowest BCUT2D eigenvalue weighted by Gasteiger charge is -2.25. The summed E-state index contributed by atoms with van der Waals surface area (Å²) in [6.07, 6.45) is 6.72. The van der Waals surface area contributed by atoms with Crippen molar-refractivity contribution in [3.8, 4) is 22.8 Å². The molecule has 4 bridgehead atoms. The van der Waals surface area contributed by atoms with Gasteiger partial charge in [0.15, 0.2) is 5.82 Å². The minimum atomic E-state index is -0.719. The number of nitrogens with one attached hydrogen (secondary N) is 2. The second kappa shape index (κ2) is 10.9. The number of aromatic nitrogens is 5. The molecule has 2 aliphatic heterocycles. The Bertz CT molecular complexity index is 1900. The van der Waals surface area contributed by atoms with Gasteiger partial charge in [-0.2, -0.15) is 0 Å². The maximum atomic E-state index is 14.7. The Morgan fingerprint density at radius 2 is 1.86 bits per heavy atom. The molecule has 218 valence electrons. The van der Waals surface area contributed by atoms with Crippen molar-refractivity contribution in [1.29, 1.82) is 0 Å². The van der Waals surface area contributed by atoms with Gasteiger partial charge < -0.3 is 20.1 Å². The summed E-state index contributed by atoms with van der Waals surface area (Å²) in [6.45, 7) is 1.41. The molecular formula is C31H28F2N8O2. The van der Waals surface area contributed by atoms with Gasteiger partial charge in [-0.15, -0.1) is 0 Å². The van der Waals surface area contributed by atoms with E-state index in [0.717, 1.165) is 11.8 Å². The molecule has 5 aromatic rings. The maximum Gasteiger partial charge on any atom is 0.251 e. The zero-order chi connectivity index (χ0) is 29.5. The molecule has 2 aliphatic rings. The molecule has 2 atom stereocenters. The molecule has 1 amide bonds. The van der Waals surface area contributed by atoms with Crippen LogP contribution in [0, 0.1) is 11.6 Å². The highest BCUT2D eigenvalue weighted by molar-refractivity contribution is 5.88. The van der Waals surface area contributed by atoms with Crippen molar-refractivity contribution in [2.75, 3.05) is 23.3 Å². The van der Waals surface area contributed by atoms with Crippen LogP contribution in [0.5, 0.6) is 0 Å². The van der Waals surface area contributed by atoms with Crippen molar-refractivity contribution in [1.82, 2.24) is 29.2 Å². The van der Waals surface area contributed by atoms with Crippen LogP contribution in [0.3, 0.4) is 0 Å². The molecule has 0 saturated carbocycles. The normalized spacial score (nSPS) is 18.8. The summed E-state index contributed by atoms with van der Waals surface area (Å²) in [6, 6.07) is 13.5. The zero-order valence-electron chi connectivity index (χ0n) is 23.1. The van der Waals surface area contributed by atoms with Crippen molar-refractivity contribution in [3.63, 3.8) is 0 Å². The van der Waals surface area contributed by atoms with E-state index in [2.05, 4.69) is 20.6 Å². The number of amides is 1. The minimum Gasteiger partial charge on any atom is -0.365 e. The molecule has 2 N–H and O–H groups in total. The fourth-order valence-electron chi connectivity index (χ4n) is 5.99. The van der Waals surface area contributed by atoms with E-state index in [1.165, 1.54) is 12.1 Å². The summed E-state index contributed by atoms with van der Waals surface area (Å²) in [5.74, 6) is -0.0513. The zero-order valence-corrected chi connectivity index (χ0v) is 23.1. The van der Waals surface area contributed by atoms with Gasteiger partial charge in [-0.25, -0.2) is 23.7 Å². The smallest absolute Gasteiger partial charge is 0.251 e. The number of hydrogen-bond acceptors (Lipinski definition) is 7. The second-order valence-corrected chi connectivity index (χ2v) is 10.8. The molecule has 0 radical (unpaired) electrons. The van der Waals surface area contributed by atoms with Crippen LogP contribution < -0.4 is 21.1 Å². The molecule has 4 aromatic heterocycles. The molecule has 0 unspecified atom stereocenters. The number of nitrogens with zero attached hydrogens (tertiary/aromatic N) is 6. The lowest BCUT2D eigenvalue weighted by molar-refractivity contribution is -0.122. The molecule has 43 heavy (non-hydrogen) atoms. The Morgan fingerprint density at radius 3 is 2.74 bits per heavy atom. The summed E-state index contributed by atoms with van der Waals surface area (Å²) >= 11 is 0. The minimum absolute atomic E-state index is 0.0902. The number of fused-ring (bicyclic) bond motifs is 7. The van der Waals surface area contributed by atoms with Gasteiger partial charge in [-0.3, -0.25) is 14.0 Å². The Balaban J connectivity index is 1.26. The van der Waals surface area contributed by atoms with Gasteiger partial charge in [0.25, 0.3) is 5.56 Å². The number of rotatable bonds is 2. The second-order valence-electron chi connectivity index (χ2n) is 10.8. The fourth-order valence-corrected chi connectivity index (χ4v) is 5.99. The molecule has 12 heteroatoms. The van der Waals surface area contributed by atoms with Gasteiger partial charge >= 0.3 is 0 Å². The highest BCUT2D eigenvalue weighted by Crippen LogP contribution is 2.32. The van der Waals surface area contributed by atoms with E-state index >= 15 is 0 Å². The Labute approximate surface area is 245 Å². The predicted octanol–water partition coefficient (Wildman–Crippen LogP) is 3.87. The van der Waals surface area contributed by atoms with E-state index in [9.17, 15) is 18.4 Å². The van der Waals surface area contributed by atoms with E-state index in [0.29, 0.717) is 67.6 Å². The lowest BCUT2D eigenvalue weighted by Crippen LogP contribution is -2.44. The molecule has 6 heterocycles. The van der Waals surface area contributed by atoms with Gasteiger partial charge in [-0.1, -0.05) is 12.1 Å². The molecule has 1 fully saturated rings. The number of imidazole rings is 1. The van der Waals surface area contributed by atoms with Crippen molar-refractivity contribution in [2.24, 2.45) is 0 Å². The first kappa shape index (κ1) is 26.7. The van der Waals surface area contributed by atoms with Crippen LogP contribution in [-0.2, 0) is 11.3 Å². The van der Waals surface area contributed by atoms with Crippen molar-refractivity contribution in [2.45, 2.75) is 37.9 Å². The van der Waals surface area contributed by atoms with Crippen LogP contribution >= 0.6 is 0 Å². The first-order valence-electron chi connectivity index (χ1n) is 14.2. The van der Waals surface area contributed by atoms with E-state index in [4.69, 9.17) is 4.98 Å². The standard InChI is InChI=1S/C31H28F2N8O2/c32-19-9-10-21(22(33)15-19)29-36-17-26-30(34-12-14-40(26)29)41-18-20-16-25(41)31(43)35-11-1-2-13-39-24(6-4-8-28(39)42)23-5-3-7-27(37-20)38-23/h3-10,12,14-15,17,20,25H,1-2,11,13,16,18H2,(H,35,43)(H,37,38)/t20-,25-/m0/s1. The average molecular weight is 583 g/mol. The number of anilines is 2. The van der Waals surface area contributed by atoms with Gasteiger partial charge in [0.05, 0.1) is 23.1 Å². The van der Waals surface area contributed by atoms with E-state index in [1.807, 2.05) is 29.2 Å². The number of benzene rings is 1. The van der Waals surface area contributed by atoms with Crippen LogP contribution in [0.4, 0.5) is 20.4 Å². The van der Waals surface area contributed by atoms with Crippen LogP contribution in [0.25, 0.3) is 28.3 Å². The van der Waals surface area contributed by atoms with Crippen molar-refractivity contribution in [3.05, 3.63) is 95.2 Å². The third-order valence-electron chi connectivity index (χ3n) is 8.01. The molecule has 0 aliphatic carbocycles. The Morgan fingerprint density at radius 1 is 0.977 bits per heavy atom. The highest BCUT2D eigenvalue weighted by atomic mass is 19.1. The number of halogens is 2. The molecule has 1 aromatic carbocycles. The summed E-state index contributed by atoms with van der Waals surface area (Å²) in [5, 5.41) is 6.55. The molecule has 10 nitrogen and oxygen atoms in total. The molecule has 1 saturated heterocycles. The largest absolute Gasteiger partial charge is 0.365 e. The monoisotopic (exact) mass is 582 g/mol. The fraction of sp³-hybridized carbons (Fsp3) is 0.258. The number of carbonyl (C=O) groups is 1. The number of pyridine rings is 2. The third kappa shape index (κ3) is 4.98. The Kier molecular flexibility index (Phi) is 6.80. The summed E-state index contributed by atoms with van der Waals surface area (Å²) < 4.78 is 31.7. The quantitative estimate of drug-likeness (QED) is 0.325. The average Bonchev–Trinajstić information content (AvgIpc) is 3.62. The topological polar surface area (TPSA) is 109 Å². The number of carbonyl (C=O) groups excluding carboxylic acids is 1. The van der Waals surface area contributed by atoms with Gasteiger partial charge in [-0.05, 0) is 49.6 Å². The predicted molar refractivity (Wildman–Crippen MR) is 158 cm³/mol. The Hall–Kier alpha value is -5.13. The lowest BCUT2D eigenvalue weighted by atomic mass is 10.1. The van der Waals surface area contributed by atoms with Crippen molar-refractivity contribution < 1.29 is 13.6 Å². The van der Waals surface area contributed by atoms with Crippen LogP contribution in [0.2, 0.25) is 0 Å². The third-order valence-corrected chi connectivity index (χ3v) is 8.01. The summed E-state index contributed by atoms with van der Waals surface area (Å²) in [7, 11) is 0. The molecule has 7 rings (SSSR count). The molecular weight excluding hydrogens is 554 g/mol. The first-order chi connectivity index (χ1) is 21.0.